The Morgan fingerprint density at radius 3 is 2.02 bits per heavy atom. The maximum absolute atomic E-state index is 6.57. The van der Waals surface area contributed by atoms with Crippen LogP contribution in [0.25, 0.3) is 83.0 Å². The van der Waals surface area contributed by atoms with Gasteiger partial charge < -0.3 is 4.42 Å². The number of aliphatic imine (C=N–C) groups is 1. The third-order valence-electron chi connectivity index (χ3n) is 10.2. The van der Waals surface area contributed by atoms with E-state index in [0.29, 0.717) is 23.2 Å². The molecule has 0 spiro atoms. The molecule has 272 valence electrons. The topological polar surface area (TPSA) is 64.2 Å². The Morgan fingerprint density at radius 1 is 0.603 bits per heavy atom. The molecule has 0 amide bonds. The van der Waals surface area contributed by atoms with Crippen molar-refractivity contribution in [2.24, 2.45) is 4.99 Å². The summed E-state index contributed by atoms with van der Waals surface area (Å²) in [7, 11) is 0. The SMILES string of the molecule is C=C(N=C(c1cc[c-]c(-c2[c-]cccc2)c1)c1sc2ccccc2c1C)c1ccc2c(c1)oc1cccc(-c3nc(-c4ccccc4)nc(-c4ccccc4)n3)c12.[U+2]. The third-order valence-corrected chi connectivity index (χ3v) is 11.4. The number of aryl methyl sites for hydroxylation is 1. The van der Waals surface area contributed by atoms with Gasteiger partial charge in [-0.1, -0.05) is 109 Å². The molecule has 0 atom stereocenters. The van der Waals surface area contributed by atoms with Crippen molar-refractivity contribution in [3.05, 3.63) is 204 Å². The molecule has 0 fully saturated rings. The molecular formula is C51H32N4OSU. The Bertz CT molecular complexity index is 3100. The number of nitrogens with zero attached hydrogens (tertiary/aromatic N) is 4. The fourth-order valence-electron chi connectivity index (χ4n) is 7.30. The molecule has 0 aliphatic rings. The standard InChI is InChI=1S/C51H32N4OS.U/c1-32-40-24-12-13-27-45(40)57-48(32)47(39-23-14-22-38(30-39)34-16-6-3-7-17-34)52-33(2)37-28-29-41-44(31-37)56-43-26-15-25-42(46(41)43)51-54-49(35-18-8-4-9-19-35)53-50(55-51)36-20-10-5-11-21-36;/h3-16,18-21,23-31H,2H2,1H3;/q-2;+2. The van der Waals surface area contributed by atoms with Crippen molar-refractivity contribution >= 4 is 54.8 Å². The summed E-state index contributed by atoms with van der Waals surface area (Å²) in [5.74, 6) is 1.79. The van der Waals surface area contributed by atoms with Crippen molar-refractivity contribution in [2.45, 2.75) is 6.92 Å². The summed E-state index contributed by atoms with van der Waals surface area (Å²) in [4.78, 5) is 21.4. The van der Waals surface area contributed by atoms with E-state index in [1.165, 1.54) is 15.6 Å². The van der Waals surface area contributed by atoms with Crippen molar-refractivity contribution < 1.29 is 35.5 Å². The van der Waals surface area contributed by atoms with Crippen LogP contribution in [0.15, 0.2) is 180 Å². The molecule has 5 nitrogen and oxygen atoms in total. The van der Waals surface area contributed by atoms with Gasteiger partial charge in [0.05, 0.1) is 16.3 Å². The summed E-state index contributed by atoms with van der Waals surface area (Å²) >= 11 is 1.74. The third kappa shape index (κ3) is 7.03. The Labute approximate surface area is 363 Å². The van der Waals surface area contributed by atoms with Crippen LogP contribution in [0.1, 0.15) is 21.6 Å². The molecule has 0 aliphatic carbocycles. The summed E-state index contributed by atoms with van der Waals surface area (Å²) in [6.07, 6.45) is 0. The van der Waals surface area contributed by atoms with Gasteiger partial charge in [-0.05, 0) is 42.1 Å². The molecule has 10 rings (SSSR count). The van der Waals surface area contributed by atoms with Gasteiger partial charge in [-0.3, -0.25) is 0 Å². The largest absolute Gasteiger partial charge is 2.00 e. The number of hydrogen-bond donors (Lipinski definition) is 0. The Morgan fingerprint density at radius 2 is 1.29 bits per heavy atom. The van der Waals surface area contributed by atoms with E-state index in [4.69, 9.17) is 24.4 Å². The van der Waals surface area contributed by atoms with Crippen LogP contribution in [0.4, 0.5) is 0 Å². The van der Waals surface area contributed by atoms with Gasteiger partial charge in [0, 0.05) is 37.7 Å². The second kappa shape index (κ2) is 16.0. The number of furan rings is 1. The molecule has 3 heterocycles. The molecule has 0 aliphatic heterocycles. The van der Waals surface area contributed by atoms with E-state index in [-0.39, 0.29) is 31.1 Å². The zero-order valence-corrected chi connectivity index (χ0v) is 36.4. The Hall–Kier alpha value is -6.23. The number of benzene rings is 7. The van der Waals surface area contributed by atoms with Gasteiger partial charge in [0.1, 0.15) is 11.2 Å². The van der Waals surface area contributed by atoms with Crippen LogP contribution in [0.2, 0.25) is 0 Å². The van der Waals surface area contributed by atoms with Crippen molar-refractivity contribution in [3.8, 4) is 45.3 Å². The fraction of sp³-hybridized carbons (Fsp3) is 0.0196. The molecule has 7 aromatic carbocycles. The zero-order chi connectivity index (χ0) is 38.3. The van der Waals surface area contributed by atoms with Gasteiger partial charge in [0.2, 0.25) is 0 Å². The molecule has 0 saturated carbocycles. The minimum Gasteiger partial charge on any atom is -0.456 e. The van der Waals surface area contributed by atoms with E-state index < -0.39 is 0 Å². The van der Waals surface area contributed by atoms with Gasteiger partial charge in [0.25, 0.3) is 0 Å². The Kier molecular flexibility index (Phi) is 10.3. The summed E-state index contributed by atoms with van der Waals surface area (Å²) in [6.45, 7) is 6.69. The van der Waals surface area contributed by atoms with Crippen molar-refractivity contribution in [2.75, 3.05) is 0 Å². The number of thiophene rings is 1. The second-order valence-corrected chi connectivity index (χ2v) is 14.8. The van der Waals surface area contributed by atoms with Gasteiger partial charge in [-0.15, -0.1) is 23.5 Å². The average molecular weight is 987 g/mol. The van der Waals surface area contributed by atoms with E-state index in [0.717, 1.165) is 71.5 Å². The van der Waals surface area contributed by atoms with Crippen LogP contribution in [-0.4, -0.2) is 20.7 Å². The molecule has 10 aromatic rings. The molecule has 0 N–H and O–H groups in total. The molecule has 0 bridgehead atoms. The minimum atomic E-state index is 0. The van der Waals surface area contributed by atoms with E-state index in [1.54, 1.807) is 11.3 Å². The fourth-order valence-corrected chi connectivity index (χ4v) is 8.52. The van der Waals surface area contributed by atoms with Crippen molar-refractivity contribution in [1.29, 1.82) is 0 Å². The van der Waals surface area contributed by atoms with Crippen LogP contribution in [0.5, 0.6) is 0 Å². The second-order valence-electron chi connectivity index (χ2n) is 13.8. The van der Waals surface area contributed by atoms with E-state index in [2.05, 4.69) is 80.2 Å². The number of hydrogen-bond acceptors (Lipinski definition) is 6. The molecule has 3 aromatic heterocycles. The predicted molar refractivity (Wildman–Crippen MR) is 234 cm³/mol. The molecule has 0 unspecified atom stereocenters. The first-order valence-corrected chi connectivity index (χ1v) is 19.5. The van der Waals surface area contributed by atoms with Crippen LogP contribution in [0.3, 0.4) is 0 Å². The quantitative estimate of drug-likeness (QED) is 0.112. The molecule has 58 heavy (non-hydrogen) atoms. The van der Waals surface area contributed by atoms with Crippen LogP contribution in [-0.2, 0) is 0 Å². The normalized spacial score (nSPS) is 11.6. The molecule has 0 radical (unpaired) electrons. The van der Waals surface area contributed by atoms with E-state index in [1.807, 2.05) is 109 Å². The van der Waals surface area contributed by atoms with Crippen LogP contribution in [0, 0.1) is 50.2 Å². The van der Waals surface area contributed by atoms with Crippen LogP contribution >= 0.6 is 11.3 Å². The molecule has 0 saturated heterocycles. The maximum atomic E-state index is 6.57. The average Bonchev–Trinajstić information content (AvgIpc) is 3.83. The summed E-state index contributed by atoms with van der Waals surface area (Å²) in [5.41, 5.74) is 10.6. The predicted octanol–water partition coefficient (Wildman–Crippen LogP) is 13.1. The first kappa shape index (κ1) is 37.4. The van der Waals surface area contributed by atoms with E-state index in [9.17, 15) is 0 Å². The minimum absolute atomic E-state index is 0. The van der Waals surface area contributed by atoms with Crippen LogP contribution < -0.4 is 0 Å². The summed E-state index contributed by atoms with van der Waals surface area (Å²) in [5, 5.41) is 3.11. The zero-order valence-electron chi connectivity index (χ0n) is 31.4. The smallest absolute Gasteiger partial charge is 0.456 e. The maximum Gasteiger partial charge on any atom is 2.00 e. The number of aromatic nitrogens is 3. The number of rotatable bonds is 8. The molecule has 7 heteroatoms. The van der Waals surface area contributed by atoms with Crippen molar-refractivity contribution in [1.82, 2.24) is 15.0 Å². The molecular weight excluding hydrogens is 955 g/mol. The van der Waals surface area contributed by atoms with Gasteiger partial charge in [-0.25, -0.2) is 31.1 Å². The Balaban J connectivity index is 0.00000436. The number of fused-ring (bicyclic) bond motifs is 4. The van der Waals surface area contributed by atoms with E-state index >= 15 is 0 Å². The summed E-state index contributed by atoms with van der Waals surface area (Å²) in [6, 6.07) is 61.6. The van der Waals surface area contributed by atoms with Gasteiger partial charge >= 0.3 is 31.1 Å². The van der Waals surface area contributed by atoms with Gasteiger partial charge in [0.15, 0.2) is 17.5 Å². The first-order chi connectivity index (χ1) is 28.1. The monoisotopic (exact) mass is 986 g/mol. The van der Waals surface area contributed by atoms with Gasteiger partial charge in [-0.2, -0.15) is 42.5 Å². The first-order valence-electron chi connectivity index (χ1n) is 18.7. The van der Waals surface area contributed by atoms with Crippen molar-refractivity contribution in [3.63, 3.8) is 0 Å². The summed E-state index contributed by atoms with van der Waals surface area (Å²) < 4.78 is 7.78.